The standard InChI is InChI=1S/C13H13NO2S.H2/c1-11-7-9-13(10-8-11)17(15,16)14-12-5-3-2-4-6-12;/h2-10,14H,1H3;1H. The summed E-state index contributed by atoms with van der Waals surface area (Å²) in [6.07, 6.45) is 0. The molecule has 2 rings (SSSR count). The molecule has 1 N–H and O–H groups in total. The van der Waals surface area contributed by atoms with E-state index in [2.05, 4.69) is 4.72 Å². The molecule has 0 saturated heterocycles. The van der Waals surface area contributed by atoms with Gasteiger partial charge in [-0.25, -0.2) is 8.42 Å². The van der Waals surface area contributed by atoms with Crippen LogP contribution in [0.3, 0.4) is 0 Å². The van der Waals surface area contributed by atoms with E-state index >= 15 is 0 Å². The van der Waals surface area contributed by atoms with E-state index in [0.29, 0.717) is 5.69 Å². The molecule has 90 valence electrons. The van der Waals surface area contributed by atoms with Crippen LogP contribution in [-0.2, 0) is 10.0 Å². The van der Waals surface area contributed by atoms with Crippen LogP contribution in [0.2, 0.25) is 0 Å². The van der Waals surface area contributed by atoms with Crippen LogP contribution in [0.4, 0.5) is 5.69 Å². The van der Waals surface area contributed by atoms with Crippen LogP contribution in [0.1, 0.15) is 6.99 Å². The first-order valence-electron chi connectivity index (χ1n) is 5.22. The van der Waals surface area contributed by atoms with Crippen LogP contribution in [0.5, 0.6) is 0 Å². The Kier molecular flexibility index (Phi) is 3.15. The minimum Gasteiger partial charge on any atom is -0.280 e. The zero-order valence-electron chi connectivity index (χ0n) is 9.42. The molecule has 2 aromatic rings. The summed E-state index contributed by atoms with van der Waals surface area (Å²) in [6, 6.07) is 15.6. The normalized spacial score (nSPS) is 11.1. The Bertz CT molecular complexity index is 595. The van der Waals surface area contributed by atoms with Crippen molar-refractivity contribution in [3.8, 4) is 0 Å². The van der Waals surface area contributed by atoms with Crippen molar-refractivity contribution in [1.29, 1.82) is 0 Å². The predicted molar refractivity (Wildman–Crippen MR) is 70.5 cm³/mol. The molecule has 0 spiro atoms. The van der Waals surface area contributed by atoms with Crippen molar-refractivity contribution >= 4 is 15.7 Å². The van der Waals surface area contributed by atoms with Crippen molar-refractivity contribution in [3.05, 3.63) is 60.2 Å². The van der Waals surface area contributed by atoms with Gasteiger partial charge in [-0.2, -0.15) is 0 Å². The highest BCUT2D eigenvalue weighted by molar-refractivity contribution is 7.92. The lowest BCUT2D eigenvalue weighted by Gasteiger charge is -2.07. The molecule has 0 aliphatic carbocycles. The summed E-state index contributed by atoms with van der Waals surface area (Å²) in [6.45, 7) is 1.92. The van der Waals surface area contributed by atoms with Crippen LogP contribution in [0, 0.1) is 6.92 Å². The van der Waals surface area contributed by atoms with Gasteiger partial charge in [-0.05, 0) is 31.2 Å². The minimum atomic E-state index is -3.48. The van der Waals surface area contributed by atoms with Gasteiger partial charge in [0.15, 0.2) is 0 Å². The molecular formula is C13H15NO2S. The maximum absolute atomic E-state index is 12.0. The second kappa shape index (κ2) is 4.59. The molecule has 0 heterocycles. The van der Waals surface area contributed by atoms with Gasteiger partial charge < -0.3 is 0 Å². The van der Waals surface area contributed by atoms with Gasteiger partial charge >= 0.3 is 0 Å². The number of sulfonamides is 1. The summed E-state index contributed by atoms with van der Waals surface area (Å²) >= 11 is 0. The van der Waals surface area contributed by atoms with E-state index in [1.807, 2.05) is 13.0 Å². The summed E-state index contributed by atoms with van der Waals surface area (Å²) in [7, 11) is -3.48. The van der Waals surface area contributed by atoms with E-state index in [1.54, 1.807) is 48.5 Å². The van der Waals surface area contributed by atoms with Crippen molar-refractivity contribution in [2.24, 2.45) is 0 Å². The van der Waals surface area contributed by atoms with Gasteiger partial charge in [0.1, 0.15) is 0 Å². The Hall–Kier alpha value is -1.81. The monoisotopic (exact) mass is 249 g/mol. The molecule has 4 heteroatoms. The quantitative estimate of drug-likeness (QED) is 0.908. The first-order valence-corrected chi connectivity index (χ1v) is 6.71. The fraction of sp³-hybridized carbons (Fsp3) is 0.0769. The molecule has 0 saturated carbocycles. The number of hydrogen-bond acceptors (Lipinski definition) is 2. The molecule has 0 aliphatic rings. The fourth-order valence-corrected chi connectivity index (χ4v) is 2.50. The van der Waals surface area contributed by atoms with Crippen molar-refractivity contribution in [1.82, 2.24) is 0 Å². The molecule has 0 fully saturated rings. The lowest BCUT2D eigenvalue weighted by molar-refractivity contribution is 0.601. The molecule has 0 aliphatic heterocycles. The summed E-state index contributed by atoms with van der Waals surface area (Å²) in [5, 5.41) is 0. The number of para-hydroxylation sites is 1. The molecule has 0 unspecified atom stereocenters. The molecule has 0 aromatic heterocycles. The van der Waals surface area contributed by atoms with E-state index in [9.17, 15) is 8.42 Å². The van der Waals surface area contributed by atoms with Gasteiger partial charge in [-0.15, -0.1) is 0 Å². The van der Waals surface area contributed by atoms with Crippen molar-refractivity contribution < 1.29 is 9.84 Å². The van der Waals surface area contributed by atoms with Gasteiger partial charge in [-0.1, -0.05) is 35.9 Å². The Balaban J connectivity index is 0.00000162. The number of nitrogens with one attached hydrogen (secondary N) is 1. The lowest BCUT2D eigenvalue weighted by Crippen LogP contribution is -2.12. The summed E-state index contributed by atoms with van der Waals surface area (Å²) in [5.41, 5.74) is 1.59. The third-order valence-electron chi connectivity index (χ3n) is 2.36. The largest absolute Gasteiger partial charge is 0.280 e. The van der Waals surface area contributed by atoms with Crippen molar-refractivity contribution in [3.63, 3.8) is 0 Å². The summed E-state index contributed by atoms with van der Waals surface area (Å²) in [4.78, 5) is 0.270. The minimum absolute atomic E-state index is 0. The number of rotatable bonds is 3. The van der Waals surface area contributed by atoms with E-state index in [0.717, 1.165) is 5.56 Å². The molecule has 0 amide bonds. The Labute approximate surface area is 103 Å². The van der Waals surface area contributed by atoms with Gasteiger partial charge in [0.05, 0.1) is 4.90 Å². The smallest absolute Gasteiger partial charge is 0.261 e. The van der Waals surface area contributed by atoms with Crippen molar-refractivity contribution in [2.45, 2.75) is 11.8 Å². The molecular weight excluding hydrogens is 234 g/mol. The number of anilines is 1. The highest BCUT2D eigenvalue weighted by Gasteiger charge is 2.12. The first kappa shape index (κ1) is 11.7. The number of hydrogen-bond donors (Lipinski definition) is 1. The van der Waals surface area contributed by atoms with Gasteiger partial charge in [0, 0.05) is 7.11 Å². The second-order valence-electron chi connectivity index (χ2n) is 3.78. The molecule has 2 aromatic carbocycles. The van der Waals surface area contributed by atoms with Crippen molar-refractivity contribution in [2.75, 3.05) is 4.72 Å². The van der Waals surface area contributed by atoms with Gasteiger partial charge in [0.25, 0.3) is 10.0 Å². The zero-order chi connectivity index (χ0) is 12.3. The van der Waals surface area contributed by atoms with Crippen LogP contribution in [0.25, 0.3) is 0 Å². The average Bonchev–Trinajstić information content (AvgIpc) is 2.30. The van der Waals surface area contributed by atoms with Gasteiger partial charge in [-0.3, -0.25) is 4.72 Å². The third kappa shape index (κ3) is 2.85. The zero-order valence-corrected chi connectivity index (χ0v) is 10.2. The highest BCUT2D eigenvalue weighted by Crippen LogP contribution is 2.15. The maximum Gasteiger partial charge on any atom is 0.261 e. The van der Waals surface area contributed by atoms with E-state index in [4.69, 9.17) is 0 Å². The van der Waals surface area contributed by atoms with Crippen LogP contribution in [-0.4, -0.2) is 8.42 Å². The fourth-order valence-electron chi connectivity index (χ4n) is 1.44. The molecule has 0 bridgehead atoms. The Morgan fingerprint density at radius 3 is 2.12 bits per heavy atom. The van der Waals surface area contributed by atoms with Crippen LogP contribution < -0.4 is 4.72 Å². The first-order chi connectivity index (χ1) is 8.08. The predicted octanol–water partition coefficient (Wildman–Crippen LogP) is 3.04. The topological polar surface area (TPSA) is 46.2 Å². The molecule has 3 nitrogen and oxygen atoms in total. The van der Waals surface area contributed by atoms with Crippen LogP contribution in [0.15, 0.2) is 59.5 Å². The summed E-state index contributed by atoms with van der Waals surface area (Å²) in [5.74, 6) is 0. The molecule has 0 atom stereocenters. The van der Waals surface area contributed by atoms with Crippen LogP contribution >= 0.6 is 0 Å². The SMILES string of the molecule is Cc1ccc(S(=O)(=O)Nc2ccccc2)cc1.[HH]. The number of benzene rings is 2. The summed E-state index contributed by atoms with van der Waals surface area (Å²) < 4.78 is 26.5. The van der Waals surface area contributed by atoms with E-state index in [1.165, 1.54) is 0 Å². The van der Waals surface area contributed by atoms with E-state index in [-0.39, 0.29) is 6.32 Å². The highest BCUT2D eigenvalue weighted by atomic mass is 32.2. The Morgan fingerprint density at radius 1 is 0.941 bits per heavy atom. The van der Waals surface area contributed by atoms with E-state index < -0.39 is 10.0 Å². The molecule has 0 radical (unpaired) electrons. The Morgan fingerprint density at radius 2 is 1.53 bits per heavy atom. The lowest BCUT2D eigenvalue weighted by atomic mass is 10.2. The average molecular weight is 249 g/mol. The molecule has 17 heavy (non-hydrogen) atoms. The number of aryl methyl sites for hydroxylation is 1. The second-order valence-corrected chi connectivity index (χ2v) is 5.47. The van der Waals surface area contributed by atoms with Gasteiger partial charge in [0.2, 0.25) is 0 Å². The maximum atomic E-state index is 12.0. The third-order valence-corrected chi connectivity index (χ3v) is 3.75.